The van der Waals surface area contributed by atoms with E-state index in [4.69, 9.17) is 10.5 Å². The summed E-state index contributed by atoms with van der Waals surface area (Å²) in [6, 6.07) is 10.9. The summed E-state index contributed by atoms with van der Waals surface area (Å²) in [5.41, 5.74) is 8.56. The number of rotatable bonds is 3. The number of anilines is 1. The fourth-order valence-electron chi connectivity index (χ4n) is 2.28. The van der Waals surface area contributed by atoms with Crippen molar-refractivity contribution in [3.63, 3.8) is 0 Å². The molecule has 0 spiro atoms. The summed E-state index contributed by atoms with van der Waals surface area (Å²) in [4.78, 5) is 11.6. The zero-order chi connectivity index (χ0) is 15.0. The van der Waals surface area contributed by atoms with E-state index in [0.717, 1.165) is 22.2 Å². The van der Waals surface area contributed by atoms with Crippen LogP contribution in [-0.4, -0.2) is 5.91 Å². The Morgan fingerprint density at radius 3 is 2.67 bits per heavy atom. The highest BCUT2D eigenvalue weighted by atomic mass is 79.9. The molecule has 2 aromatic rings. The van der Waals surface area contributed by atoms with Gasteiger partial charge in [-0.15, -0.1) is 0 Å². The molecular formula is C16H15BrN2O2. The van der Waals surface area contributed by atoms with Crippen molar-refractivity contribution in [1.82, 2.24) is 0 Å². The Morgan fingerprint density at radius 1 is 1.29 bits per heavy atom. The van der Waals surface area contributed by atoms with Crippen LogP contribution in [0, 0.1) is 0 Å². The van der Waals surface area contributed by atoms with Gasteiger partial charge in [-0.05, 0) is 46.1 Å². The Labute approximate surface area is 131 Å². The van der Waals surface area contributed by atoms with Crippen molar-refractivity contribution in [2.45, 2.75) is 19.4 Å². The number of amides is 1. The number of halogens is 1. The molecule has 5 heteroatoms. The molecule has 0 aromatic heterocycles. The second kappa shape index (κ2) is 5.50. The molecule has 1 aliphatic heterocycles. The highest BCUT2D eigenvalue weighted by Crippen LogP contribution is 2.39. The number of carbonyl (C=O) groups is 1. The quantitative estimate of drug-likeness (QED) is 0.889. The number of ether oxygens (including phenoxy) is 1. The van der Waals surface area contributed by atoms with Gasteiger partial charge >= 0.3 is 0 Å². The summed E-state index contributed by atoms with van der Waals surface area (Å²) in [5, 5.41) is 2.75. The SMILES string of the molecule is CCc1ccc(Oc2cc3c(cc2Br)C(N)C(=O)N3)cc1. The van der Waals surface area contributed by atoms with Gasteiger partial charge in [0.25, 0.3) is 0 Å². The number of nitrogens with one attached hydrogen (secondary N) is 1. The van der Waals surface area contributed by atoms with E-state index in [1.165, 1.54) is 5.56 Å². The van der Waals surface area contributed by atoms with E-state index in [2.05, 4.69) is 28.2 Å². The van der Waals surface area contributed by atoms with Crippen LogP contribution < -0.4 is 15.8 Å². The lowest BCUT2D eigenvalue weighted by molar-refractivity contribution is -0.116. The minimum absolute atomic E-state index is 0.193. The Kier molecular flexibility index (Phi) is 3.69. The summed E-state index contributed by atoms with van der Waals surface area (Å²) in [6.07, 6.45) is 0.993. The van der Waals surface area contributed by atoms with Gasteiger partial charge in [0.2, 0.25) is 5.91 Å². The van der Waals surface area contributed by atoms with E-state index in [1.54, 1.807) is 6.07 Å². The first-order valence-corrected chi connectivity index (χ1v) is 7.54. The van der Waals surface area contributed by atoms with Crippen molar-refractivity contribution in [1.29, 1.82) is 0 Å². The van der Waals surface area contributed by atoms with Crippen LogP contribution in [0.2, 0.25) is 0 Å². The van der Waals surface area contributed by atoms with Crippen LogP contribution in [0.25, 0.3) is 0 Å². The largest absolute Gasteiger partial charge is 0.456 e. The zero-order valence-electron chi connectivity index (χ0n) is 11.5. The molecular weight excluding hydrogens is 332 g/mol. The molecule has 0 fully saturated rings. The number of carbonyl (C=O) groups excluding carboxylic acids is 1. The maximum atomic E-state index is 11.6. The third kappa shape index (κ3) is 2.66. The third-order valence-corrected chi connectivity index (χ3v) is 4.16. The van der Waals surface area contributed by atoms with E-state index in [9.17, 15) is 4.79 Å². The second-order valence-corrected chi connectivity index (χ2v) is 5.79. The number of hydrogen-bond acceptors (Lipinski definition) is 3. The van der Waals surface area contributed by atoms with Crippen LogP contribution in [0.5, 0.6) is 11.5 Å². The maximum Gasteiger partial charge on any atom is 0.245 e. The molecule has 0 saturated heterocycles. The number of hydrogen-bond donors (Lipinski definition) is 2. The molecule has 0 saturated carbocycles. The standard InChI is InChI=1S/C16H15BrN2O2/c1-2-9-3-5-10(6-4-9)21-14-8-13-11(7-12(14)17)15(18)16(20)19-13/h3-8,15H,2,18H2,1H3,(H,19,20). The molecule has 0 bridgehead atoms. The smallest absolute Gasteiger partial charge is 0.245 e. The second-order valence-electron chi connectivity index (χ2n) is 4.94. The average molecular weight is 347 g/mol. The van der Waals surface area contributed by atoms with E-state index in [1.807, 2.05) is 30.3 Å². The van der Waals surface area contributed by atoms with Crippen LogP contribution in [-0.2, 0) is 11.2 Å². The molecule has 1 atom stereocenters. The van der Waals surface area contributed by atoms with Gasteiger partial charge in [-0.3, -0.25) is 4.79 Å². The Bertz CT molecular complexity index is 698. The van der Waals surface area contributed by atoms with Crippen LogP contribution in [0.4, 0.5) is 5.69 Å². The van der Waals surface area contributed by atoms with Gasteiger partial charge in [0.1, 0.15) is 17.5 Å². The van der Waals surface area contributed by atoms with Crippen molar-refractivity contribution in [3.05, 3.63) is 52.0 Å². The van der Waals surface area contributed by atoms with Crippen molar-refractivity contribution in [3.8, 4) is 11.5 Å². The lowest BCUT2D eigenvalue weighted by atomic mass is 10.1. The minimum Gasteiger partial charge on any atom is -0.456 e. The third-order valence-electron chi connectivity index (χ3n) is 3.54. The summed E-state index contributed by atoms with van der Waals surface area (Å²) >= 11 is 3.46. The molecule has 1 aliphatic rings. The zero-order valence-corrected chi connectivity index (χ0v) is 13.1. The molecule has 3 rings (SSSR count). The van der Waals surface area contributed by atoms with Gasteiger partial charge in [0.15, 0.2) is 0 Å². The van der Waals surface area contributed by atoms with Crippen LogP contribution >= 0.6 is 15.9 Å². The van der Waals surface area contributed by atoms with Gasteiger partial charge < -0.3 is 15.8 Å². The summed E-state index contributed by atoms with van der Waals surface area (Å²) in [7, 11) is 0. The van der Waals surface area contributed by atoms with Crippen LogP contribution in [0.3, 0.4) is 0 Å². The molecule has 108 valence electrons. The first kappa shape index (κ1) is 14.1. The topological polar surface area (TPSA) is 64.3 Å². The Morgan fingerprint density at radius 2 is 2.00 bits per heavy atom. The first-order valence-electron chi connectivity index (χ1n) is 6.75. The van der Waals surface area contributed by atoms with Crippen molar-refractivity contribution < 1.29 is 9.53 Å². The molecule has 4 nitrogen and oxygen atoms in total. The molecule has 1 amide bonds. The molecule has 2 aromatic carbocycles. The lowest BCUT2D eigenvalue weighted by Crippen LogP contribution is -2.19. The number of aryl methyl sites for hydroxylation is 1. The van der Waals surface area contributed by atoms with E-state index in [-0.39, 0.29) is 5.91 Å². The van der Waals surface area contributed by atoms with Gasteiger partial charge in [0.05, 0.1) is 4.47 Å². The predicted molar refractivity (Wildman–Crippen MR) is 85.6 cm³/mol. The molecule has 3 N–H and O–H groups in total. The van der Waals surface area contributed by atoms with Gasteiger partial charge in [-0.25, -0.2) is 0 Å². The normalized spacial score (nSPS) is 16.5. The van der Waals surface area contributed by atoms with E-state index < -0.39 is 6.04 Å². The minimum atomic E-state index is -0.616. The number of nitrogens with two attached hydrogens (primary N) is 1. The molecule has 21 heavy (non-hydrogen) atoms. The number of benzene rings is 2. The molecule has 0 radical (unpaired) electrons. The summed E-state index contributed by atoms with van der Waals surface area (Å²) < 4.78 is 6.64. The van der Waals surface area contributed by atoms with Crippen molar-refractivity contribution >= 4 is 27.5 Å². The van der Waals surface area contributed by atoms with Crippen LogP contribution in [0.1, 0.15) is 24.1 Å². The van der Waals surface area contributed by atoms with Crippen molar-refractivity contribution in [2.75, 3.05) is 5.32 Å². The highest BCUT2D eigenvalue weighted by Gasteiger charge is 2.28. The molecule has 0 aliphatic carbocycles. The monoisotopic (exact) mass is 346 g/mol. The summed E-state index contributed by atoms with van der Waals surface area (Å²) in [6.45, 7) is 2.11. The molecule has 1 unspecified atom stereocenters. The van der Waals surface area contributed by atoms with E-state index >= 15 is 0 Å². The van der Waals surface area contributed by atoms with Gasteiger partial charge in [-0.1, -0.05) is 19.1 Å². The summed E-state index contributed by atoms with van der Waals surface area (Å²) in [5.74, 6) is 1.20. The average Bonchev–Trinajstić information content (AvgIpc) is 2.75. The Balaban J connectivity index is 1.89. The van der Waals surface area contributed by atoms with Crippen LogP contribution in [0.15, 0.2) is 40.9 Å². The lowest BCUT2D eigenvalue weighted by Gasteiger charge is -2.11. The van der Waals surface area contributed by atoms with Gasteiger partial charge in [0, 0.05) is 17.3 Å². The fourth-order valence-corrected chi connectivity index (χ4v) is 2.73. The first-order chi connectivity index (χ1) is 10.1. The Hall–Kier alpha value is -1.85. The van der Waals surface area contributed by atoms with Crippen molar-refractivity contribution in [2.24, 2.45) is 5.73 Å². The fraction of sp³-hybridized carbons (Fsp3) is 0.188. The van der Waals surface area contributed by atoms with E-state index in [0.29, 0.717) is 11.4 Å². The predicted octanol–water partition coefficient (Wildman–Crippen LogP) is 3.76. The van der Waals surface area contributed by atoms with Gasteiger partial charge in [-0.2, -0.15) is 0 Å². The number of fused-ring (bicyclic) bond motifs is 1. The molecule has 1 heterocycles. The highest BCUT2D eigenvalue weighted by molar-refractivity contribution is 9.10. The maximum absolute atomic E-state index is 11.6.